The van der Waals surface area contributed by atoms with E-state index in [1.54, 1.807) is 23.6 Å². The molecule has 4 N–H and O–H groups in total. The number of hydrogen-bond acceptors (Lipinski definition) is 5. The smallest absolute Gasteiger partial charge is 0.275 e. The fourth-order valence-corrected chi connectivity index (χ4v) is 3.02. The highest BCUT2D eigenvalue weighted by molar-refractivity contribution is 7.09. The summed E-state index contributed by atoms with van der Waals surface area (Å²) >= 11 is 7.54. The molecule has 0 bridgehead atoms. The van der Waals surface area contributed by atoms with E-state index < -0.39 is 0 Å². The molecule has 9 heteroatoms. The Balaban J connectivity index is 0.00000312. The van der Waals surface area contributed by atoms with Crippen molar-refractivity contribution in [1.29, 1.82) is 0 Å². The molecule has 1 aromatic heterocycles. The van der Waals surface area contributed by atoms with Crippen LogP contribution in [0.4, 0.5) is 5.69 Å². The molecule has 0 radical (unpaired) electrons. The lowest BCUT2D eigenvalue weighted by atomic mass is 10.2. The minimum absolute atomic E-state index is 0. The summed E-state index contributed by atoms with van der Waals surface area (Å²) in [5.74, 6) is -0.556. The fourth-order valence-electron chi connectivity index (χ4n) is 1.96. The summed E-state index contributed by atoms with van der Waals surface area (Å²) in [6.45, 7) is 3.05. The molecule has 0 saturated carbocycles. The van der Waals surface area contributed by atoms with Crippen molar-refractivity contribution in [3.05, 3.63) is 44.9 Å². The molecular weight excluding hydrogens is 383 g/mol. The third kappa shape index (κ3) is 5.97. The second kappa shape index (κ2) is 10.4. The molecule has 136 valence electrons. The third-order valence-electron chi connectivity index (χ3n) is 3.15. The number of benzene rings is 1. The van der Waals surface area contributed by atoms with Crippen LogP contribution in [0.25, 0.3) is 0 Å². The van der Waals surface area contributed by atoms with Crippen LogP contribution in [0.2, 0.25) is 5.02 Å². The first kappa shape index (κ1) is 21.4. The second-order valence-electron chi connectivity index (χ2n) is 5.07. The summed E-state index contributed by atoms with van der Waals surface area (Å²) < 4.78 is 0. The highest BCUT2D eigenvalue weighted by Gasteiger charge is 2.14. The van der Waals surface area contributed by atoms with Gasteiger partial charge >= 0.3 is 0 Å². The van der Waals surface area contributed by atoms with Gasteiger partial charge in [0, 0.05) is 24.0 Å². The number of rotatable bonds is 7. The number of nitrogens with two attached hydrogens (primary N) is 1. The second-order valence-corrected chi connectivity index (χ2v) is 6.42. The van der Waals surface area contributed by atoms with Crippen LogP contribution in [-0.2, 0) is 6.42 Å². The highest BCUT2D eigenvalue weighted by atomic mass is 35.5. The van der Waals surface area contributed by atoms with Gasteiger partial charge in [-0.3, -0.25) is 9.59 Å². The number of thiazole rings is 1. The predicted octanol–water partition coefficient (Wildman–Crippen LogP) is 3.11. The number of carbonyl (C=O) groups is 2. The quantitative estimate of drug-likeness (QED) is 0.662. The molecule has 0 spiro atoms. The zero-order valence-corrected chi connectivity index (χ0v) is 16.1. The summed E-state index contributed by atoms with van der Waals surface area (Å²) in [5, 5.41) is 8.28. The molecule has 0 saturated heterocycles. The maximum atomic E-state index is 12.2. The Morgan fingerprint density at radius 3 is 2.72 bits per heavy atom. The van der Waals surface area contributed by atoms with Crippen molar-refractivity contribution >= 4 is 52.8 Å². The van der Waals surface area contributed by atoms with Gasteiger partial charge < -0.3 is 16.4 Å². The van der Waals surface area contributed by atoms with Crippen molar-refractivity contribution in [2.45, 2.75) is 19.8 Å². The number of carbonyl (C=O) groups excluding carboxylic acids is 2. The molecule has 0 atom stereocenters. The highest BCUT2D eigenvalue weighted by Crippen LogP contribution is 2.22. The van der Waals surface area contributed by atoms with Crippen LogP contribution in [0.3, 0.4) is 0 Å². The van der Waals surface area contributed by atoms with Crippen LogP contribution < -0.4 is 16.4 Å². The first-order valence-electron chi connectivity index (χ1n) is 7.58. The van der Waals surface area contributed by atoms with Gasteiger partial charge in [-0.15, -0.1) is 23.7 Å². The Bertz CT molecular complexity index is 737. The van der Waals surface area contributed by atoms with Crippen molar-refractivity contribution in [2.24, 2.45) is 5.73 Å². The molecule has 0 aliphatic heterocycles. The molecule has 25 heavy (non-hydrogen) atoms. The average Bonchev–Trinajstić information content (AvgIpc) is 3.02. The number of aromatic nitrogens is 1. The predicted molar refractivity (Wildman–Crippen MR) is 104 cm³/mol. The average molecular weight is 403 g/mol. The van der Waals surface area contributed by atoms with Gasteiger partial charge in [0.2, 0.25) is 0 Å². The van der Waals surface area contributed by atoms with Crippen LogP contribution in [0.5, 0.6) is 0 Å². The number of hydrogen-bond donors (Lipinski definition) is 3. The monoisotopic (exact) mass is 402 g/mol. The van der Waals surface area contributed by atoms with Crippen molar-refractivity contribution in [1.82, 2.24) is 10.3 Å². The van der Waals surface area contributed by atoms with E-state index in [-0.39, 0.29) is 29.2 Å². The van der Waals surface area contributed by atoms with E-state index >= 15 is 0 Å². The van der Waals surface area contributed by atoms with Crippen LogP contribution in [0.15, 0.2) is 23.6 Å². The standard InChI is InChI=1S/C16H19ClN4O2S.ClH/c1-2-7-19-15(22)11-4-3-10(8-12(11)17)20-16(23)13-9-24-14(21-13)5-6-18;/h3-4,8-9H,2,5-7,18H2,1H3,(H,19,22)(H,20,23);1H. The Hall–Kier alpha value is -1.67. The van der Waals surface area contributed by atoms with Gasteiger partial charge in [-0.25, -0.2) is 4.98 Å². The molecular formula is C16H20Cl2N4O2S. The van der Waals surface area contributed by atoms with Gasteiger partial charge in [0.1, 0.15) is 5.69 Å². The van der Waals surface area contributed by atoms with E-state index in [0.717, 1.165) is 11.4 Å². The van der Waals surface area contributed by atoms with E-state index in [1.165, 1.54) is 11.3 Å². The maximum Gasteiger partial charge on any atom is 0.275 e. The van der Waals surface area contributed by atoms with Crippen molar-refractivity contribution in [2.75, 3.05) is 18.4 Å². The summed E-state index contributed by atoms with van der Waals surface area (Å²) in [4.78, 5) is 28.4. The summed E-state index contributed by atoms with van der Waals surface area (Å²) in [7, 11) is 0. The lowest BCUT2D eigenvalue weighted by Crippen LogP contribution is -2.24. The van der Waals surface area contributed by atoms with Crippen LogP contribution in [-0.4, -0.2) is 29.9 Å². The molecule has 6 nitrogen and oxygen atoms in total. The van der Waals surface area contributed by atoms with E-state index in [2.05, 4.69) is 15.6 Å². The van der Waals surface area contributed by atoms with Gasteiger partial charge in [0.15, 0.2) is 0 Å². The lowest BCUT2D eigenvalue weighted by molar-refractivity contribution is 0.0953. The number of anilines is 1. The minimum atomic E-state index is -0.325. The number of amides is 2. The normalized spacial score (nSPS) is 10.0. The molecule has 0 unspecified atom stereocenters. The zero-order valence-electron chi connectivity index (χ0n) is 13.7. The molecule has 1 aromatic carbocycles. The van der Waals surface area contributed by atoms with E-state index in [1.807, 2.05) is 6.92 Å². The topological polar surface area (TPSA) is 97.1 Å². The fraction of sp³-hybridized carbons (Fsp3) is 0.312. The number of nitrogens with zero attached hydrogens (tertiary/aromatic N) is 1. The largest absolute Gasteiger partial charge is 0.352 e. The Morgan fingerprint density at radius 1 is 1.32 bits per heavy atom. The van der Waals surface area contributed by atoms with Gasteiger partial charge in [-0.2, -0.15) is 0 Å². The third-order valence-corrected chi connectivity index (χ3v) is 4.37. The zero-order chi connectivity index (χ0) is 17.5. The Labute approximate surface area is 161 Å². The summed E-state index contributed by atoms with van der Waals surface area (Å²) in [6, 6.07) is 4.77. The summed E-state index contributed by atoms with van der Waals surface area (Å²) in [5.41, 5.74) is 6.69. The molecule has 2 aromatic rings. The van der Waals surface area contributed by atoms with Crippen LogP contribution >= 0.6 is 35.3 Å². The first-order chi connectivity index (χ1) is 11.5. The molecule has 2 amide bonds. The van der Waals surface area contributed by atoms with Crippen LogP contribution in [0, 0.1) is 0 Å². The summed E-state index contributed by atoms with van der Waals surface area (Å²) in [6.07, 6.45) is 1.49. The number of nitrogens with one attached hydrogen (secondary N) is 2. The van der Waals surface area contributed by atoms with E-state index in [9.17, 15) is 9.59 Å². The van der Waals surface area contributed by atoms with Crippen LogP contribution in [0.1, 0.15) is 39.2 Å². The molecule has 0 fully saturated rings. The molecule has 0 aliphatic carbocycles. The lowest BCUT2D eigenvalue weighted by Gasteiger charge is -2.08. The SMILES string of the molecule is CCCNC(=O)c1ccc(NC(=O)c2csc(CCN)n2)cc1Cl.Cl. The maximum absolute atomic E-state index is 12.2. The minimum Gasteiger partial charge on any atom is -0.352 e. The van der Waals surface area contributed by atoms with Crippen molar-refractivity contribution < 1.29 is 9.59 Å². The number of halogens is 2. The van der Waals surface area contributed by atoms with E-state index in [0.29, 0.717) is 36.5 Å². The van der Waals surface area contributed by atoms with Gasteiger partial charge in [0.25, 0.3) is 11.8 Å². The Kier molecular flexibility index (Phi) is 8.85. The first-order valence-corrected chi connectivity index (χ1v) is 8.84. The van der Waals surface area contributed by atoms with Gasteiger partial charge in [-0.05, 0) is 31.2 Å². The van der Waals surface area contributed by atoms with Crippen molar-refractivity contribution in [3.63, 3.8) is 0 Å². The molecule has 2 rings (SSSR count). The molecule has 1 heterocycles. The van der Waals surface area contributed by atoms with E-state index in [4.69, 9.17) is 17.3 Å². The van der Waals surface area contributed by atoms with Crippen molar-refractivity contribution in [3.8, 4) is 0 Å². The Morgan fingerprint density at radius 2 is 2.08 bits per heavy atom. The van der Waals surface area contributed by atoms with Gasteiger partial charge in [-0.1, -0.05) is 18.5 Å². The van der Waals surface area contributed by atoms with Gasteiger partial charge in [0.05, 0.1) is 15.6 Å². The molecule has 0 aliphatic rings.